The Morgan fingerprint density at radius 2 is 1.79 bits per heavy atom. The molecule has 152 valence electrons. The van der Waals surface area contributed by atoms with Crippen LogP contribution in [0.2, 0.25) is 0 Å². The molecule has 1 aromatic rings. The molecule has 0 atom stereocenters. The van der Waals surface area contributed by atoms with Gasteiger partial charge < -0.3 is 9.47 Å². The molecule has 3 rings (SSSR count). The topological polar surface area (TPSA) is 65.1 Å². The van der Waals surface area contributed by atoms with Crippen molar-refractivity contribution < 1.29 is 23.9 Å². The average molecular weight is 387 g/mol. The van der Waals surface area contributed by atoms with Crippen molar-refractivity contribution in [3.05, 3.63) is 40.1 Å². The molecule has 0 spiro atoms. The first-order chi connectivity index (χ1) is 13.2. The molecule has 6 nitrogen and oxygen atoms in total. The number of hydrogen-bond donors (Lipinski definition) is 0. The van der Waals surface area contributed by atoms with Gasteiger partial charge in [0.1, 0.15) is 11.3 Å². The summed E-state index contributed by atoms with van der Waals surface area (Å²) in [4.78, 5) is 31.6. The zero-order valence-electron chi connectivity index (χ0n) is 17.5. The number of methoxy groups -OCH3 is 1. The molecule has 2 aliphatic rings. The number of ether oxygens (including phenoxy) is 2. The van der Waals surface area contributed by atoms with Crippen molar-refractivity contribution in [2.45, 2.75) is 59.4 Å². The first-order valence-corrected chi connectivity index (χ1v) is 9.69. The standard InChI is InChI=1S/C22H29NO5/c1-13-10-14(2)17(15(3)11-13)18-19(28-21(25)16-8-7-9-16)22(4,5)23(20(18)24)27-12-26-6/h10-11,16H,7-9,12H2,1-6H3. The van der Waals surface area contributed by atoms with Crippen LogP contribution in [0.5, 0.6) is 0 Å². The molecular weight excluding hydrogens is 358 g/mol. The molecule has 0 bridgehead atoms. The summed E-state index contributed by atoms with van der Waals surface area (Å²) in [5, 5.41) is 1.26. The number of benzene rings is 1. The van der Waals surface area contributed by atoms with Crippen LogP contribution in [0.3, 0.4) is 0 Å². The van der Waals surface area contributed by atoms with E-state index in [0.717, 1.165) is 41.5 Å². The molecule has 0 aromatic heterocycles. The minimum atomic E-state index is -0.936. The second-order valence-electron chi connectivity index (χ2n) is 8.22. The van der Waals surface area contributed by atoms with E-state index in [1.165, 1.54) is 12.2 Å². The van der Waals surface area contributed by atoms with Gasteiger partial charge in [-0.25, -0.2) is 9.90 Å². The van der Waals surface area contributed by atoms with Crippen LogP contribution in [-0.2, 0) is 23.9 Å². The van der Waals surface area contributed by atoms with Crippen molar-refractivity contribution in [1.29, 1.82) is 0 Å². The minimum absolute atomic E-state index is 0.0713. The smallest absolute Gasteiger partial charge is 0.314 e. The number of carbonyl (C=O) groups excluding carboxylic acids is 2. The third kappa shape index (κ3) is 3.47. The zero-order chi connectivity index (χ0) is 20.6. The summed E-state index contributed by atoms with van der Waals surface area (Å²) in [5.74, 6) is -0.335. The van der Waals surface area contributed by atoms with Gasteiger partial charge in [-0.05, 0) is 64.2 Å². The molecule has 1 aromatic carbocycles. The Hall–Kier alpha value is -2.18. The first-order valence-electron chi connectivity index (χ1n) is 9.69. The molecule has 0 unspecified atom stereocenters. The van der Waals surface area contributed by atoms with E-state index in [1.54, 1.807) is 0 Å². The maximum atomic E-state index is 13.4. The van der Waals surface area contributed by atoms with E-state index < -0.39 is 5.54 Å². The van der Waals surface area contributed by atoms with Gasteiger partial charge in [-0.3, -0.25) is 9.59 Å². The first kappa shape index (κ1) is 20.6. The molecular formula is C22H29NO5. The summed E-state index contributed by atoms with van der Waals surface area (Å²) in [6, 6.07) is 4.05. The van der Waals surface area contributed by atoms with Crippen LogP contribution < -0.4 is 0 Å². The summed E-state index contributed by atoms with van der Waals surface area (Å²) in [6.07, 6.45) is 2.71. The van der Waals surface area contributed by atoms with Gasteiger partial charge in [0, 0.05) is 7.11 Å². The second kappa shape index (κ2) is 7.68. The van der Waals surface area contributed by atoms with E-state index in [2.05, 4.69) is 0 Å². The van der Waals surface area contributed by atoms with Crippen LogP contribution in [0.4, 0.5) is 0 Å². The maximum absolute atomic E-state index is 13.4. The molecule has 1 heterocycles. The molecule has 0 radical (unpaired) electrons. The number of hydroxylamine groups is 2. The lowest BCUT2D eigenvalue weighted by atomic mass is 9.85. The number of rotatable bonds is 6. The minimum Gasteiger partial charge on any atom is -0.427 e. The van der Waals surface area contributed by atoms with Crippen LogP contribution in [0.15, 0.2) is 17.9 Å². The summed E-state index contributed by atoms with van der Waals surface area (Å²) in [7, 11) is 1.49. The summed E-state index contributed by atoms with van der Waals surface area (Å²) < 4.78 is 10.9. The van der Waals surface area contributed by atoms with Crippen LogP contribution in [0.1, 0.15) is 55.4 Å². The normalized spacial score (nSPS) is 19.2. The largest absolute Gasteiger partial charge is 0.427 e. The van der Waals surface area contributed by atoms with Gasteiger partial charge in [-0.1, -0.05) is 24.1 Å². The number of amides is 1. The monoisotopic (exact) mass is 387 g/mol. The Balaban J connectivity index is 2.12. The van der Waals surface area contributed by atoms with E-state index in [4.69, 9.17) is 14.3 Å². The maximum Gasteiger partial charge on any atom is 0.314 e. The fraction of sp³-hybridized carbons (Fsp3) is 0.545. The lowest BCUT2D eigenvalue weighted by molar-refractivity contribution is -0.239. The molecule has 1 aliphatic carbocycles. The highest BCUT2D eigenvalue weighted by atomic mass is 16.8. The average Bonchev–Trinajstić information content (AvgIpc) is 2.71. The molecule has 0 N–H and O–H groups in total. The summed E-state index contributed by atoms with van der Waals surface area (Å²) >= 11 is 0. The number of carbonyl (C=O) groups is 2. The summed E-state index contributed by atoms with van der Waals surface area (Å²) in [5.41, 5.74) is 3.29. The number of hydrogen-bond acceptors (Lipinski definition) is 5. The number of esters is 1. The van der Waals surface area contributed by atoms with Gasteiger partial charge in [0.15, 0.2) is 6.79 Å². The highest BCUT2D eigenvalue weighted by Gasteiger charge is 2.50. The highest BCUT2D eigenvalue weighted by molar-refractivity contribution is 6.23. The number of nitrogens with zero attached hydrogens (tertiary/aromatic N) is 1. The Bertz CT molecular complexity index is 812. The van der Waals surface area contributed by atoms with Crippen LogP contribution in [0.25, 0.3) is 5.57 Å². The van der Waals surface area contributed by atoms with Crippen molar-refractivity contribution in [3.8, 4) is 0 Å². The lowest BCUT2D eigenvalue weighted by Gasteiger charge is -2.32. The Kier molecular flexibility index (Phi) is 5.64. The zero-order valence-corrected chi connectivity index (χ0v) is 17.5. The van der Waals surface area contributed by atoms with Crippen molar-refractivity contribution in [2.24, 2.45) is 5.92 Å². The fourth-order valence-electron chi connectivity index (χ4n) is 3.97. The van der Waals surface area contributed by atoms with Crippen molar-refractivity contribution in [2.75, 3.05) is 13.9 Å². The predicted octanol–water partition coefficient (Wildman–Crippen LogP) is 3.82. The third-order valence-electron chi connectivity index (χ3n) is 5.56. The van der Waals surface area contributed by atoms with Crippen molar-refractivity contribution >= 4 is 17.4 Å². The third-order valence-corrected chi connectivity index (χ3v) is 5.56. The second-order valence-corrected chi connectivity index (χ2v) is 8.22. The van der Waals surface area contributed by atoms with Gasteiger partial charge in [-0.15, -0.1) is 0 Å². The van der Waals surface area contributed by atoms with Gasteiger partial charge >= 0.3 is 5.97 Å². The fourth-order valence-corrected chi connectivity index (χ4v) is 3.97. The molecule has 6 heteroatoms. The number of aryl methyl sites for hydroxylation is 3. The van der Waals surface area contributed by atoms with Crippen molar-refractivity contribution in [1.82, 2.24) is 5.06 Å². The van der Waals surface area contributed by atoms with Crippen LogP contribution >= 0.6 is 0 Å². The van der Waals surface area contributed by atoms with Crippen LogP contribution in [-0.4, -0.2) is 36.4 Å². The Labute approximate surface area is 166 Å². The van der Waals surface area contributed by atoms with Gasteiger partial charge in [-0.2, -0.15) is 0 Å². The summed E-state index contributed by atoms with van der Waals surface area (Å²) in [6.45, 7) is 9.51. The predicted molar refractivity (Wildman–Crippen MR) is 105 cm³/mol. The molecule has 1 aliphatic heterocycles. The lowest BCUT2D eigenvalue weighted by Crippen LogP contribution is -2.44. The van der Waals surface area contributed by atoms with Gasteiger partial charge in [0.25, 0.3) is 5.91 Å². The van der Waals surface area contributed by atoms with E-state index >= 15 is 0 Å². The van der Waals surface area contributed by atoms with Crippen molar-refractivity contribution in [3.63, 3.8) is 0 Å². The van der Waals surface area contributed by atoms with Gasteiger partial charge in [0.05, 0.1) is 11.5 Å². The molecule has 28 heavy (non-hydrogen) atoms. The van der Waals surface area contributed by atoms with Crippen LogP contribution in [0, 0.1) is 26.7 Å². The van der Waals surface area contributed by atoms with E-state index in [-0.39, 0.29) is 24.6 Å². The Morgan fingerprint density at radius 3 is 2.29 bits per heavy atom. The van der Waals surface area contributed by atoms with Gasteiger partial charge in [0.2, 0.25) is 0 Å². The van der Waals surface area contributed by atoms with E-state index in [0.29, 0.717) is 11.3 Å². The molecule has 1 amide bonds. The molecule has 1 saturated carbocycles. The van der Waals surface area contributed by atoms with E-state index in [1.807, 2.05) is 46.8 Å². The quantitative estimate of drug-likeness (QED) is 0.548. The van der Waals surface area contributed by atoms with E-state index in [9.17, 15) is 9.59 Å². The Morgan fingerprint density at radius 1 is 1.18 bits per heavy atom. The molecule has 1 fully saturated rings. The SMILES string of the molecule is COCON1C(=O)C(c2c(C)cc(C)cc2C)=C(OC(=O)C2CCC2)C1(C)C. The molecule has 0 saturated heterocycles. The highest BCUT2D eigenvalue weighted by Crippen LogP contribution is 2.44.